The number of hydrogen-bond donors (Lipinski definition) is 0. The number of likely N-dealkylation sites (tertiary alicyclic amines) is 1. The van der Waals surface area contributed by atoms with Gasteiger partial charge in [-0.15, -0.1) is 5.10 Å². The average molecular weight is 367 g/mol. The predicted molar refractivity (Wildman–Crippen MR) is 104 cm³/mol. The van der Waals surface area contributed by atoms with Crippen molar-refractivity contribution >= 4 is 5.91 Å². The van der Waals surface area contributed by atoms with Crippen molar-refractivity contribution in [3.05, 3.63) is 30.6 Å². The summed E-state index contributed by atoms with van der Waals surface area (Å²) in [6.07, 6.45) is 9.18. The van der Waals surface area contributed by atoms with E-state index in [2.05, 4.69) is 34.0 Å². The molecule has 2 aromatic heterocycles. The highest BCUT2D eigenvalue weighted by atomic mass is 16.2. The summed E-state index contributed by atoms with van der Waals surface area (Å²) in [6, 6.07) is 5.80. The van der Waals surface area contributed by atoms with Gasteiger partial charge in [-0.3, -0.25) is 14.5 Å². The Balaban J connectivity index is 1.29. The summed E-state index contributed by atoms with van der Waals surface area (Å²) >= 11 is 0. The molecule has 1 atom stereocenters. The Bertz CT molecular complexity index is 775. The quantitative estimate of drug-likeness (QED) is 0.785. The molecule has 2 aromatic rings. The average Bonchev–Trinajstić information content (AvgIpc) is 3.29. The summed E-state index contributed by atoms with van der Waals surface area (Å²) in [5.74, 6) is 1.23. The summed E-state index contributed by atoms with van der Waals surface area (Å²) in [5, 5.41) is 8.51. The maximum Gasteiger partial charge on any atom is 0.226 e. The van der Waals surface area contributed by atoms with Gasteiger partial charge in [0.25, 0.3) is 0 Å². The van der Waals surface area contributed by atoms with Gasteiger partial charge < -0.3 is 4.90 Å². The van der Waals surface area contributed by atoms with Crippen LogP contribution in [0.4, 0.5) is 0 Å². The lowest BCUT2D eigenvalue weighted by Crippen LogP contribution is -2.41. The third-order valence-corrected chi connectivity index (χ3v) is 6.73. The molecule has 144 valence electrons. The van der Waals surface area contributed by atoms with Gasteiger partial charge in [-0.1, -0.05) is 25.1 Å². The molecule has 2 aliphatic rings. The van der Waals surface area contributed by atoms with Crippen LogP contribution in [0.2, 0.25) is 0 Å². The third-order valence-electron chi connectivity index (χ3n) is 6.73. The van der Waals surface area contributed by atoms with Crippen LogP contribution in [-0.4, -0.2) is 43.9 Å². The zero-order valence-electron chi connectivity index (χ0n) is 16.3. The Morgan fingerprint density at radius 3 is 2.59 bits per heavy atom. The van der Waals surface area contributed by atoms with E-state index >= 15 is 0 Å². The molecule has 4 rings (SSSR count). The maximum atomic E-state index is 12.8. The number of piperidine rings is 1. The number of amides is 1. The molecule has 0 radical (unpaired) electrons. The lowest BCUT2D eigenvalue weighted by Gasteiger charge is -2.32. The molecule has 0 bridgehead atoms. The molecule has 1 saturated heterocycles. The first kappa shape index (κ1) is 18.1. The van der Waals surface area contributed by atoms with Gasteiger partial charge in [0.1, 0.15) is 5.69 Å². The Morgan fingerprint density at radius 2 is 1.96 bits per heavy atom. The second kappa shape index (κ2) is 7.41. The van der Waals surface area contributed by atoms with E-state index < -0.39 is 0 Å². The molecule has 0 N–H and O–H groups in total. The summed E-state index contributed by atoms with van der Waals surface area (Å²) in [7, 11) is 0. The zero-order chi connectivity index (χ0) is 18.9. The summed E-state index contributed by atoms with van der Waals surface area (Å²) in [5.41, 5.74) is 1.97. The fourth-order valence-electron chi connectivity index (χ4n) is 4.57. The van der Waals surface area contributed by atoms with Crippen molar-refractivity contribution < 1.29 is 4.79 Å². The molecule has 2 fully saturated rings. The minimum atomic E-state index is 0.278. The van der Waals surface area contributed by atoms with Crippen molar-refractivity contribution in [2.75, 3.05) is 13.1 Å². The maximum absolute atomic E-state index is 12.8. The topological polar surface area (TPSA) is 63.9 Å². The van der Waals surface area contributed by atoms with E-state index in [1.807, 2.05) is 29.1 Å². The van der Waals surface area contributed by atoms with Crippen molar-refractivity contribution in [3.63, 3.8) is 0 Å². The predicted octanol–water partition coefficient (Wildman–Crippen LogP) is 3.41. The van der Waals surface area contributed by atoms with Crippen molar-refractivity contribution in [2.45, 2.75) is 52.5 Å². The first-order chi connectivity index (χ1) is 13.1. The Kier molecular flexibility index (Phi) is 4.98. The first-order valence-electron chi connectivity index (χ1n) is 10.3. The van der Waals surface area contributed by atoms with Gasteiger partial charge in [0.05, 0.1) is 11.9 Å². The summed E-state index contributed by atoms with van der Waals surface area (Å²) < 4.78 is 1.92. The monoisotopic (exact) mass is 367 g/mol. The van der Waals surface area contributed by atoms with Gasteiger partial charge in [0.2, 0.25) is 5.91 Å². The lowest BCUT2D eigenvalue weighted by atomic mass is 9.94. The number of aromatic nitrogens is 4. The molecule has 0 spiro atoms. The standard InChI is InChI=1S/C21H29N5O/c1-3-21(4-2)13-17(21)20(27)25-11-8-16(9-12-25)14-26-15-19(23-24-26)18-7-5-6-10-22-18/h5-7,10,15-17H,3-4,8-9,11-14H2,1-2H3/t17-/m1/s1. The number of carbonyl (C=O) groups is 1. The lowest BCUT2D eigenvalue weighted by molar-refractivity contribution is -0.135. The molecule has 6 nitrogen and oxygen atoms in total. The highest BCUT2D eigenvalue weighted by Gasteiger charge is 2.56. The molecule has 0 aromatic carbocycles. The van der Waals surface area contributed by atoms with E-state index in [9.17, 15) is 4.79 Å². The number of nitrogens with zero attached hydrogens (tertiary/aromatic N) is 5. The van der Waals surface area contributed by atoms with Crippen LogP contribution in [-0.2, 0) is 11.3 Å². The van der Waals surface area contributed by atoms with Crippen LogP contribution in [0.1, 0.15) is 46.0 Å². The molecule has 1 saturated carbocycles. The Labute approximate surface area is 161 Å². The van der Waals surface area contributed by atoms with E-state index in [4.69, 9.17) is 0 Å². The summed E-state index contributed by atoms with van der Waals surface area (Å²) in [6.45, 7) is 7.07. The normalized spacial score (nSPS) is 22.0. The van der Waals surface area contributed by atoms with Gasteiger partial charge in [-0.2, -0.15) is 0 Å². The fourth-order valence-corrected chi connectivity index (χ4v) is 4.57. The van der Waals surface area contributed by atoms with Crippen molar-refractivity contribution in [1.82, 2.24) is 24.9 Å². The van der Waals surface area contributed by atoms with Gasteiger partial charge in [0, 0.05) is 31.7 Å². The Hall–Kier alpha value is -2.24. The molecule has 0 unspecified atom stereocenters. The highest BCUT2D eigenvalue weighted by molar-refractivity contribution is 5.82. The number of hydrogen-bond acceptors (Lipinski definition) is 4. The number of carbonyl (C=O) groups excluding carboxylic acids is 1. The minimum absolute atomic E-state index is 0.278. The third kappa shape index (κ3) is 3.62. The van der Waals surface area contributed by atoms with Crippen LogP contribution < -0.4 is 0 Å². The molecular weight excluding hydrogens is 338 g/mol. The second-order valence-corrected chi connectivity index (χ2v) is 8.14. The van der Waals surface area contributed by atoms with Crippen LogP contribution in [0, 0.1) is 17.3 Å². The highest BCUT2D eigenvalue weighted by Crippen LogP contribution is 2.58. The van der Waals surface area contributed by atoms with Crippen LogP contribution in [0.5, 0.6) is 0 Å². The van der Waals surface area contributed by atoms with Crippen molar-refractivity contribution in [2.24, 2.45) is 17.3 Å². The van der Waals surface area contributed by atoms with E-state index in [0.29, 0.717) is 17.2 Å². The molecule has 27 heavy (non-hydrogen) atoms. The van der Waals surface area contributed by atoms with Crippen LogP contribution in [0.3, 0.4) is 0 Å². The SMILES string of the molecule is CCC1(CC)C[C@@H]1C(=O)N1CCC(Cn2cc(-c3ccccn3)nn2)CC1. The number of pyridine rings is 1. The molecular formula is C21H29N5O. The second-order valence-electron chi connectivity index (χ2n) is 8.14. The molecule has 3 heterocycles. The number of rotatable bonds is 6. The molecule has 6 heteroatoms. The van der Waals surface area contributed by atoms with E-state index in [0.717, 1.165) is 63.1 Å². The fraction of sp³-hybridized carbons (Fsp3) is 0.619. The van der Waals surface area contributed by atoms with Crippen LogP contribution in [0.25, 0.3) is 11.4 Å². The van der Waals surface area contributed by atoms with E-state index in [1.165, 1.54) is 0 Å². The molecule has 1 aliphatic heterocycles. The smallest absolute Gasteiger partial charge is 0.226 e. The molecule has 1 aliphatic carbocycles. The van der Waals surface area contributed by atoms with E-state index in [-0.39, 0.29) is 5.92 Å². The van der Waals surface area contributed by atoms with E-state index in [1.54, 1.807) is 6.20 Å². The van der Waals surface area contributed by atoms with Crippen molar-refractivity contribution in [1.29, 1.82) is 0 Å². The summed E-state index contributed by atoms with van der Waals surface area (Å²) in [4.78, 5) is 19.2. The van der Waals surface area contributed by atoms with Crippen molar-refractivity contribution in [3.8, 4) is 11.4 Å². The van der Waals surface area contributed by atoms with Gasteiger partial charge in [0.15, 0.2) is 0 Å². The zero-order valence-corrected chi connectivity index (χ0v) is 16.3. The van der Waals surface area contributed by atoms with Gasteiger partial charge in [-0.05, 0) is 55.6 Å². The van der Waals surface area contributed by atoms with Gasteiger partial charge >= 0.3 is 0 Å². The largest absolute Gasteiger partial charge is 0.342 e. The Morgan fingerprint density at radius 1 is 1.19 bits per heavy atom. The first-order valence-corrected chi connectivity index (χ1v) is 10.3. The minimum Gasteiger partial charge on any atom is -0.342 e. The van der Waals surface area contributed by atoms with Crippen LogP contribution in [0.15, 0.2) is 30.6 Å². The molecule has 1 amide bonds. The van der Waals surface area contributed by atoms with Gasteiger partial charge in [-0.25, -0.2) is 0 Å². The van der Waals surface area contributed by atoms with Crippen LogP contribution >= 0.6 is 0 Å².